The molecule has 0 fully saturated rings. The van der Waals surface area contributed by atoms with E-state index in [1.807, 2.05) is 32.0 Å². The van der Waals surface area contributed by atoms with Gasteiger partial charge in [-0.1, -0.05) is 6.07 Å². The van der Waals surface area contributed by atoms with Gasteiger partial charge in [0.2, 0.25) is 5.82 Å². The normalized spacial score (nSPS) is 11.3. The number of aliphatic imine (C=N–C) groups is 1. The van der Waals surface area contributed by atoms with E-state index in [0.29, 0.717) is 11.3 Å². The Bertz CT molecular complexity index is 1040. The van der Waals surface area contributed by atoms with E-state index in [1.54, 1.807) is 6.92 Å². The maximum absolute atomic E-state index is 12.6. The Labute approximate surface area is 142 Å². The zero-order valence-corrected chi connectivity index (χ0v) is 13.9. The number of carboxylic acids is 1. The lowest BCUT2D eigenvalue weighted by Crippen LogP contribution is -2.17. The minimum absolute atomic E-state index is 0.0601. The average molecular weight is 340 g/mol. The van der Waals surface area contributed by atoms with Crippen LogP contribution in [0.15, 0.2) is 28.0 Å². The number of carboxylic acid groups (broad SMARTS) is 1. The van der Waals surface area contributed by atoms with Crippen LogP contribution in [0.5, 0.6) is 0 Å². The van der Waals surface area contributed by atoms with E-state index in [2.05, 4.69) is 25.3 Å². The molecule has 0 saturated heterocycles. The minimum Gasteiger partial charge on any atom is -0.475 e. The first-order valence-corrected chi connectivity index (χ1v) is 7.46. The van der Waals surface area contributed by atoms with Crippen molar-refractivity contribution in [3.63, 3.8) is 0 Å². The fourth-order valence-corrected chi connectivity index (χ4v) is 2.29. The van der Waals surface area contributed by atoms with Gasteiger partial charge >= 0.3 is 5.97 Å². The van der Waals surface area contributed by atoms with Gasteiger partial charge < -0.3 is 5.11 Å². The molecule has 1 aromatic carbocycles. The number of rotatable bonds is 4. The molecule has 0 atom stereocenters. The molecule has 9 heteroatoms. The Morgan fingerprint density at radius 1 is 1.28 bits per heavy atom. The van der Waals surface area contributed by atoms with Gasteiger partial charge in [-0.3, -0.25) is 15.0 Å². The fraction of sp³-hybridized carbons (Fsp3) is 0.188. The van der Waals surface area contributed by atoms with Crippen molar-refractivity contribution >= 4 is 18.1 Å². The molecule has 25 heavy (non-hydrogen) atoms. The molecule has 9 nitrogen and oxygen atoms in total. The van der Waals surface area contributed by atoms with Gasteiger partial charge in [-0.2, -0.15) is 4.98 Å². The smallest absolute Gasteiger partial charge is 0.373 e. The number of aromatic carboxylic acids is 1. The quantitative estimate of drug-likeness (QED) is 0.622. The van der Waals surface area contributed by atoms with E-state index in [9.17, 15) is 9.59 Å². The maximum atomic E-state index is 12.6. The lowest BCUT2D eigenvalue weighted by Gasteiger charge is -2.05. The summed E-state index contributed by atoms with van der Waals surface area (Å²) in [5, 5.41) is 17.7. The highest BCUT2D eigenvalue weighted by Gasteiger charge is 2.12. The van der Waals surface area contributed by atoms with Crippen LogP contribution in [0, 0.1) is 20.8 Å². The summed E-state index contributed by atoms with van der Waals surface area (Å²) in [5.74, 6) is -1.61. The van der Waals surface area contributed by atoms with Crippen LogP contribution >= 0.6 is 0 Å². The highest BCUT2D eigenvalue weighted by atomic mass is 16.4. The summed E-state index contributed by atoms with van der Waals surface area (Å²) in [5.41, 5.74) is 3.65. The number of aryl methyl sites for hydroxylation is 3. The second-order valence-electron chi connectivity index (χ2n) is 5.61. The standard InChI is InChI=1S/C16H16N6O3/c1-8-4-5-11(6-9(8)2)22-14(23)12(10(3)21-22)7-17-16-18-13(15(24)25)19-20-16/h4-7,21H,1-3H3,(H,24,25)(H,18,19,20). The summed E-state index contributed by atoms with van der Waals surface area (Å²) in [6, 6.07) is 5.72. The highest BCUT2D eigenvalue weighted by molar-refractivity contribution is 5.84. The fourth-order valence-electron chi connectivity index (χ4n) is 2.29. The first kappa shape index (κ1) is 16.4. The van der Waals surface area contributed by atoms with Crippen molar-refractivity contribution in [2.75, 3.05) is 0 Å². The first-order chi connectivity index (χ1) is 11.9. The van der Waals surface area contributed by atoms with Gasteiger partial charge in [-0.25, -0.2) is 14.5 Å². The number of carbonyl (C=O) groups is 1. The van der Waals surface area contributed by atoms with Crippen LogP contribution in [-0.2, 0) is 0 Å². The third kappa shape index (κ3) is 3.11. The van der Waals surface area contributed by atoms with Crippen LogP contribution in [0.1, 0.15) is 33.0 Å². The van der Waals surface area contributed by atoms with Crippen LogP contribution in [-0.4, -0.2) is 42.3 Å². The highest BCUT2D eigenvalue weighted by Crippen LogP contribution is 2.13. The summed E-state index contributed by atoms with van der Waals surface area (Å²) in [7, 11) is 0. The van der Waals surface area contributed by atoms with Crippen LogP contribution in [0.25, 0.3) is 5.69 Å². The monoisotopic (exact) mass is 340 g/mol. The van der Waals surface area contributed by atoms with Crippen LogP contribution in [0.3, 0.4) is 0 Å². The molecule has 0 aliphatic heterocycles. The predicted molar refractivity (Wildman–Crippen MR) is 91.2 cm³/mol. The number of nitrogens with one attached hydrogen (secondary N) is 2. The van der Waals surface area contributed by atoms with Crippen molar-refractivity contribution in [3.05, 3.63) is 56.8 Å². The number of aromatic amines is 2. The zero-order valence-electron chi connectivity index (χ0n) is 13.9. The Kier molecular flexibility index (Phi) is 4.05. The number of benzene rings is 1. The molecule has 0 amide bonds. The number of aromatic nitrogens is 5. The van der Waals surface area contributed by atoms with E-state index in [1.165, 1.54) is 10.9 Å². The van der Waals surface area contributed by atoms with Crippen molar-refractivity contribution in [1.29, 1.82) is 0 Å². The average Bonchev–Trinajstić information content (AvgIpc) is 3.14. The molecule has 3 N–H and O–H groups in total. The first-order valence-electron chi connectivity index (χ1n) is 7.46. The van der Waals surface area contributed by atoms with Crippen LogP contribution < -0.4 is 5.56 Å². The van der Waals surface area contributed by atoms with E-state index in [0.717, 1.165) is 16.8 Å². The number of hydrogen-bond acceptors (Lipinski definition) is 5. The lowest BCUT2D eigenvalue weighted by atomic mass is 10.1. The van der Waals surface area contributed by atoms with Gasteiger partial charge in [0.05, 0.1) is 11.3 Å². The molecular formula is C16H16N6O3. The van der Waals surface area contributed by atoms with Gasteiger partial charge in [0.1, 0.15) is 0 Å². The summed E-state index contributed by atoms with van der Waals surface area (Å²) in [4.78, 5) is 31.0. The molecule has 3 aromatic rings. The topological polar surface area (TPSA) is 129 Å². The number of nitrogens with zero attached hydrogens (tertiary/aromatic N) is 4. The summed E-state index contributed by atoms with van der Waals surface area (Å²) >= 11 is 0. The Morgan fingerprint density at radius 2 is 2.04 bits per heavy atom. The molecule has 2 heterocycles. The maximum Gasteiger partial charge on any atom is 0.373 e. The predicted octanol–water partition coefficient (Wildman–Crippen LogP) is 1.66. The molecular weight excluding hydrogens is 324 g/mol. The number of H-pyrrole nitrogens is 2. The molecule has 0 aliphatic rings. The molecule has 0 radical (unpaired) electrons. The molecule has 0 aliphatic carbocycles. The second-order valence-corrected chi connectivity index (χ2v) is 5.61. The minimum atomic E-state index is -1.23. The molecule has 0 spiro atoms. The number of hydrogen-bond donors (Lipinski definition) is 3. The van der Waals surface area contributed by atoms with E-state index in [-0.39, 0.29) is 17.3 Å². The largest absolute Gasteiger partial charge is 0.475 e. The summed E-state index contributed by atoms with van der Waals surface area (Å²) in [6.45, 7) is 5.73. The SMILES string of the molecule is Cc1ccc(-n2[nH]c(C)c(C=Nc3n[nH]c(C(=O)O)n3)c2=O)cc1C. The molecule has 0 bridgehead atoms. The molecule has 2 aromatic heterocycles. The lowest BCUT2D eigenvalue weighted by molar-refractivity contribution is 0.0684. The Morgan fingerprint density at radius 3 is 2.68 bits per heavy atom. The molecule has 0 unspecified atom stereocenters. The van der Waals surface area contributed by atoms with Crippen LogP contribution in [0.2, 0.25) is 0 Å². The van der Waals surface area contributed by atoms with Crippen LogP contribution in [0.4, 0.5) is 5.95 Å². The van der Waals surface area contributed by atoms with Gasteiger partial charge in [0.15, 0.2) is 0 Å². The molecule has 3 rings (SSSR count). The van der Waals surface area contributed by atoms with Crippen molar-refractivity contribution < 1.29 is 9.90 Å². The summed E-state index contributed by atoms with van der Waals surface area (Å²) < 4.78 is 1.43. The van der Waals surface area contributed by atoms with E-state index >= 15 is 0 Å². The van der Waals surface area contributed by atoms with Gasteiger partial charge in [0, 0.05) is 11.9 Å². The van der Waals surface area contributed by atoms with Gasteiger partial charge in [0.25, 0.3) is 11.5 Å². The van der Waals surface area contributed by atoms with Crippen molar-refractivity contribution in [2.45, 2.75) is 20.8 Å². The van der Waals surface area contributed by atoms with Crippen molar-refractivity contribution in [2.24, 2.45) is 4.99 Å². The van der Waals surface area contributed by atoms with Crippen molar-refractivity contribution in [1.82, 2.24) is 25.0 Å². The Balaban J connectivity index is 1.96. The van der Waals surface area contributed by atoms with E-state index in [4.69, 9.17) is 5.11 Å². The third-order valence-electron chi connectivity index (χ3n) is 3.85. The van der Waals surface area contributed by atoms with Gasteiger partial charge in [-0.15, -0.1) is 5.10 Å². The molecule has 0 saturated carbocycles. The molecule has 128 valence electrons. The third-order valence-corrected chi connectivity index (χ3v) is 3.85. The van der Waals surface area contributed by atoms with E-state index < -0.39 is 5.97 Å². The summed E-state index contributed by atoms with van der Waals surface area (Å²) in [6.07, 6.45) is 1.32. The zero-order chi connectivity index (χ0) is 18.1. The van der Waals surface area contributed by atoms with Gasteiger partial charge in [-0.05, 0) is 44.0 Å². The second kappa shape index (κ2) is 6.19. The van der Waals surface area contributed by atoms with Crippen molar-refractivity contribution in [3.8, 4) is 5.69 Å². The Hall–Kier alpha value is -3.49.